The number of carbonyl (C=O) groups is 2. The lowest BCUT2D eigenvalue weighted by Gasteiger charge is -2.42. The van der Waals surface area contributed by atoms with Gasteiger partial charge in [-0.3, -0.25) is 4.79 Å². The molecule has 2 heterocycles. The van der Waals surface area contributed by atoms with E-state index in [9.17, 15) is 14.7 Å². The molecule has 8 heteroatoms. The van der Waals surface area contributed by atoms with E-state index < -0.39 is 17.8 Å². The summed E-state index contributed by atoms with van der Waals surface area (Å²) in [5.41, 5.74) is 1.44. The highest BCUT2D eigenvalue weighted by Crippen LogP contribution is 2.31. The van der Waals surface area contributed by atoms with Crippen LogP contribution in [0.25, 0.3) is 0 Å². The first-order chi connectivity index (χ1) is 13.6. The summed E-state index contributed by atoms with van der Waals surface area (Å²) in [5.74, 6) is 0.396. The molecule has 2 aliphatic rings. The minimum atomic E-state index is -0.987. The molecule has 0 aliphatic carbocycles. The standard InChI is InChI=1S/C21H31ClN4O3/c1-13(2)16-11-15(5-6-17(16)22)26-10-9-25(12-14(26)3)18(27)7-8-21(4)19(28)23-20(29)24-21/h5-6,11,13-14,19,28H,7-10,12H2,1-4H3,(H2,23,24,29)/t14-,19?,21+/m0/s1. The zero-order chi connectivity index (χ0) is 21.3. The van der Waals surface area contributed by atoms with Crippen molar-refractivity contribution in [3.05, 3.63) is 28.8 Å². The Morgan fingerprint density at radius 2 is 2.10 bits per heavy atom. The van der Waals surface area contributed by atoms with Crippen LogP contribution in [0.2, 0.25) is 5.02 Å². The van der Waals surface area contributed by atoms with E-state index in [0.29, 0.717) is 25.4 Å². The van der Waals surface area contributed by atoms with Crippen LogP contribution in [-0.4, -0.2) is 59.4 Å². The van der Waals surface area contributed by atoms with Gasteiger partial charge in [-0.05, 0) is 49.9 Å². The van der Waals surface area contributed by atoms with Crippen molar-refractivity contribution in [2.24, 2.45) is 0 Å². The quantitative estimate of drug-likeness (QED) is 0.681. The van der Waals surface area contributed by atoms with Crippen molar-refractivity contribution >= 4 is 29.2 Å². The van der Waals surface area contributed by atoms with Crippen molar-refractivity contribution in [2.75, 3.05) is 24.5 Å². The first-order valence-corrected chi connectivity index (χ1v) is 10.6. The summed E-state index contributed by atoms with van der Waals surface area (Å²) >= 11 is 6.33. The number of amides is 3. The van der Waals surface area contributed by atoms with E-state index in [4.69, 9.17) is 11.6 Å². The van der Waals surface area contributed by atoms with Gasteiger partial charge < -0.3 is 25.5 Å². The number of halogens is 1. The van der Waals surface area contributed by atoms with Gasteiger partial charge in [-0.1, -0.05) is 25.4 Å². The Bertz CT molecular complexity index is 787. The molecule has 0 saturated carbocycles. The summed E-state index contributed by atoms with van der Waals surface area (Å²) < 4.78 is 0. The molecule has 160 valence electrons. The molecule has 0 radical (unpaired) electrons. The fourth-order valence-corrected chi connectivity index (χ4v) is 4.43. The molecular weight excluding hydrogens is 392 g/mol. The Hall–Kier alpha value is -1.99. The molecule has 0 aromatic heterocycles. The lowest BCUT2D eigenvalue weighted by atomic mass is 9.94. The van der Waals surface area contributed by atoms with Gasteiger partial charge in [-0.2, -0.15) is 0 Å². The van der Waals surface area contributed by atoms with Gasteiger partial charge in [0.25, 0.3) is 0 Å². The van der Waals surface area contributed by atoms with E-state index in [-0.39, 0.29) is 18.4 Å². The van der Waals surface area contributed by atoms with Gasteiger partial charge in [-0.25, -0.2) is 4.79 Å². The van der Waals surface area contributed by atoms with Crippen LogP contribution in [0.5, 0.6) is 0 Å². The maximum absolute atomic E-state index is 12.7. The summed E-state index contributed by atoms with van der Waals surface area (Å²) in [6, 6.07) is 5.92. The fourth-order valence-electron chi connectivity index (χ4n) is 4.09. The van der Waals surface area contributed by atoms with Gasteiger partial charge in [0.15, 0.2) is 6.23 Å². The predicted octanol–water partition coefficient (Wildman–Crippen LogP) is 2.67. The number of nitrogens with zero attached hydrogens (tertiary/aromatic N) is 2. The van der Waals surface area contributed by atoms with E-state index in [2.05, 4.69) is 42.4 Å². The number of aliphatic hydroxyl groups excluding tert-OH is 1. The van der Waals surface area contributed by atoms with Gasteiger partial charge in [0, 0.05) is 42.8 Å². The zero-order valence-corrected chi connectivity index (χ0v) is 18.3. The first kappa shape index (κ1) is 21.7. The Morgan fingerprint density at radius 3 is 2.69 bits per heavy atom. The molecule has 2 aliphatic heterocycles. The minimum absolute atomic E-state index is 0.0463. The van der Waals surface area contributed by atoms with Crippen LogP contribution in [0.15, 0.2) is 18.2 Å². The molecule has 3 amide bonds. The summed E-state index contributed by atoms with van der Waals surface area (Å²) in [6.45, 7) is 10.2. The molecule has 29 heavy (non-hydrogen) atoms. The summed E-state index contributed by atoms with van der Waals surface area (Å²) in [7, 11) is 0. The molecule has 2 saturated heterocycles. The normalized spacial score (nSPS) is 27.2. The van der Waals surface area contributed by atoms with Crippen molar-refractivity contribution in [1.29, 1.82) is 0 Å². The van der Waals surface area contributed by atoms with Crippen LogP contribution in [-0.2, 0) is 4.79 Å². The molecule has 3 rings (SSSR count). The van der Waals surface area contributed by atoms with Gasteiger partial charge in [0.2, 0.25) is 5.91 Å². The van der Waals surface area contributed by atoms with Crippen molar-refractivity contribution < 1.29 is 14.7 Å². The lowest BCUT2D eigenvalue weighted by Crippen LogP contribution is -2.54. The highest BCUT2D eigenvalue weighted by atomic mass is 35.5. The Morgan fingerprint density at radius 1 is 1.38 bits per heavy atom. The highest BCUT2D eigenvalue weighted by Gasteiger charge is 2.42. The Kier molecular flexibility index (Phi) is 6.29. The molecule has 2 fully saturated rings. The average molecular weight is 423 g/mol. The molecule has 3 atom stereocenters. The van der Waals surface area contributed by atoms with Gasteiger partial charge in [0.05, 0.1) is 5.54 Å². The third kappa shape index (κ3) is 4.61. The molecular formula is C21H31ClN4O3. The fraction of sp³-hybridized carbons (Fsp3) is 0.619. The van der Waals surface area contributed by atoms with Crippen molar-refractivity contribution in [2.45, 2.75) is 64.3 Å². The van der Waals surface area contributed by atoms with Gasteiger partial charge >= 0.3 is 6.03 Å². The number of urea groups is 1. The van der Waals surface area contributed by atoms with Crippen molar-refractivity contribution in [3.8, 4) is 0 Å². The lowest BCUT2D eigenvalue weighted by molar-refractivity contribution is -0.132. The largest absolute Gasteiger partial charge is 0.371 e. The summed E-state index contributed by atoms with van der Waals surface area (Å²) in [5, 5.41) is 15.9. The molecule has 7 nitrogen and oxygen atoms in total. The predicted molar refractivity (Wildman–Crippen MR) is 114 cm³/mol. The number of benzene rings is 1. The number of hydrogen-bond acceptors (Lipinski definition) is 4. The number of aliphatic hydroxyl groups is 1. The molecule has 0 bridgehead atoms. The number of rotatable bonds is 5. The molecule has 1 unspecified atom stereocenters. The number of anilines is 1. The van der Waals surface area contributed by atoms with Crippen LogP contribution in [0.1, 0.15) is 52.0 Å². The van der Waals surface area contributed by atoms with Crippen LogP contribution >= 0.6 is 11.6 Å². The average Bonchev–Trinajstić information content (AvgIpc) is 2.92. The Labute approximate surface area is 177 Å². The maximum Gasteiger partial charge on any atom is 0.317 e. The van der Waals surface area contributed by atoms with Crippen LogP contribution in [0.3, 0.4) is 0 Å². The first-order valence-electron chi connectivity index (χ1n) is 10.2. The number of hydrogen-bond donors (Lipinski definition) is 3. The number of nitrogens with one attached hydrogen (secondary N) is 2. The topological polar surface area (TPSA) is 84.9 Å². The third-order valence-electron chi connectivity index (χ3n) is 6.04. The molecule has 1 aromatic carbocycles. The van der Waals surface area contributed by atoms with E-state index >= 15 is 0 Å². The third-order valence-corrected chi connectivity index (χ3v) is 6.39. The van der Waals surface area contributed by atoms with E-state index in [1.807, 2.05) is 17.0 Å². The van der Waals surface area contributed by atoms with Crippen molar-refractivity contribution in [3.63, 3.8) is 0 Å². The second-order valence-corrected chi connectivity index (χ2v) is 9.07. The summed E-state index contributed by atoms with van der Waals surface area (Å²) in [4.78, 5) is 28.4. The molecule has 3 N–H and O–H groups in total. The highest BCUT2D eigenvalue weighted by molar-refractivity contribution is 6.31. The van der Waals surface area contributed by atoms with Crippen LogP contribution in [0.4, 0.5) is 10.5 Å². The second-order valence-electron chi connectivity index (χ2n) is 8.66. The summed E-state index contributed by atoms with van der Waals surface area (Å²) in [6.07, 6.45) is -0.325. The minimum Gasteiger partial charge on any atom is -0.371 e. The van der Waals surface area contributed by atoms with E-state index in [0.717, 1.165) is 22.8 Å². The maximum atomic E-state index is 12.7. The van der Waals surface area contributed by atoms with E-state index in [1.165, 1.54) is 0 Å². The SMILES string of the molecule is CC(C)c1cc(N2CCN(C(=O)CC[C@@]3(C)NC(=O)NC3O)C[C@@H]2C)ccc1Cl. The Balaban J connectivity index is 1.59. The number of carbonyl (C=O) groups excluding carboxylic acids is 2. The smallest absolute Gasteiger partial charge is 0.317 e. The second kappa shape index (κ2) is 8.40. The van der Waals surface area contributed by atoms with Crippen LogP contribution in [0, 0.1) is 0 Å². The molecule has 1 aromatic rings. The van der Waals surface area contributed by atoms with Gasteiger partial charge in [-0.15, -0.1) is 0 Å². The van der Waals surface area contributed by atoms with Crippen LogP contribution < -0.4 is 15.5 Å². The van der Waals surface area contributed by atoms with E-state index in [1.54, 1.807) is 6.92 Å². The van der Waals surface area contributed by atoms with Crippen molar-refractivity contribution in [1.82, 2.24) is 15.5 Å². The molecule has 0 spiro atoms. The van der Waals surface area contributed by atoms with Gasteiger partial charge in [0.1, 0.15) is 0 Å². The number of piperazine rings is 1. The monoisotopic (exact) mass is 422 g/mol. The zero-order valence-electron chi connectivity index (χ0n) is 17.5.